The molecule has 1 N–H and O–H groups in total. The van der Waals surface area contributed by atoms with Crippen molar-refractivity contribution in [3.8, 4) is 0 Å². The van der Waals surface area contributed by atoms with Gasteiger partial charge < -0.3 is 10.2 Å². The number of amides is 1. The largest absolute Gasteiger partial charge is 0.342 e. The molecular formula is C12H26N2O. The maximum atomic E-state index is 11.8. The van der Waals surface area contributed by atoms with Crippen molar-refractivity contribution in [3.05, 3.63) is 0 Å². The van der Waals surface area contributed by atoms with Crippen molar-refractivity contribution < 1.29 is 4.79 Å². The third-order valence-corrected chi connectivity index (χ3v) is 2.67. The first-order chi connectivity index (χ1) is 7.15. The number of rotatable bonds is 8. The van der Waals surface area contributed by atoms with Crippen LogP contribution in [-0.4, -0.2) is 37.0 Å². The van der Waals surface area contributed by atoms with Crippen molar-refractivity contribution in [3.63, 3.8) is 0 Å². The number of nitrogens with one attached hydrogen (secondary N) is 1. The van der Waals surface area contributed by atoms with Crippen molar-refractivity contribution in [2.75, 3.05) is 26.2 Å². The average molecular weight is 214 g/mol. The molecule has 0 aromatic rings. The van der Waals surface area contributed by atoms with E-state index in [0.717, 1.165) is 32.5 Å². The van der Waals surface area contributed by atoms with Crippen molar-refractivity contribution in [1.29, 1.82) is 0 Å². The van der Waals surface area contributed by atoms with Gasteiger partial charge in [-0.3, -0.25) is 4.79 Å². The second-order valence-corrected chi connectivity index (χ2v) is 4.12. The van der Waals surface area contributed by atoms with Crippen LogP contribution in [0.3, 0.4) is 0 Å². The van der Waals surface area contributed by atoms with E-state index in [1.165, 1.54) is 0 Å². The fraction of sp³-hybridized carbons (Fsp3) is 0.917. The zero-order valence-corrected chi connectivity index (χ0v) is 10.7. The Morgan fingerprint density at radius 2 is 2.00 bits per heavy atom. The first kappa shape index (κ1) is 14.4. The minimum atomic E-state index is 0.228. The first-order valence-electron chi connectivity index (χ1n) is 6.14. The van der Waals surface area contributed by atoms with Gasteiger partial charge in [-0.1, -0.05) is 27.2 Å². The second-order valence-electron chi connectivity index (χ2n) is 4.12. The van der Waals surface area contributed by atoms with Crippen LogP contribution in [0.4, 0.5) is 0 Å². The molecule has 0 fully saturated rings. The quantitative estimate of drug-likeness (QED) is 0.626. The van der Waals surface area contributed by atoms with Crippen LogP contribution in [0.15, 0.2) is 0 Å². The van der Waals surface area contributed by atoms with E-state index in [-0.39, 0.29) is 5.91 Å². The zero-order valence-electron chi connectivity index (χ0n) is 10.7. The number of hydrogen-bond acceptors (Lipinski definition) is 2. The Kier molecular flexibility index (Phi) is 8.38. The highest BCUT2D eigenvalue weighted by Gasteiger charge is 2.13. The molecule has 3 nitrogen and oxygen atoms in total. The van der Waals surface area contributed by atoms with E-state index in [9.17, 15) is 4.79 Å². The number of carbonyl (C=O) groups is 1. The van der Waals surface area contributed by atoms with Gasteiger partial charge in [0.2, 0.25) is 5.91 Å². The lowest BCUT2D eigenvalue weighted by Gasteiger charge is -2.24. The summed E-state index contributed by atoms with van der Waals surface area (Å²) in [5.74, 6) is 0.825. The maximum Gasteiger partial charge on any atom is 0.236 e. The van der Waals surface area contributed by atoms with Gasteiger partial charge >= 0.3 is 0 Å². The molecule has 0 aliphatic rings. The van der Waals surface area contributed by atoms with Gasteiger partial charge in [0.25, 0.3) is 0 Å². The highest BCUT2D eigenvalue weighted by atomic mass is 16.2. The molecule has 0 rings (SSSR count). The molecular weight excluding hydrogens is 188 g/mol. The molecule has 0 aromatic carbocycles. The summed E-state index contributed by atoms with van der Waals surface area (Å²) in [7, 11) is 0. The molecule has 0 aliphatic heterocycles. The predicted octanol–water partition coefficient (Wildman–Crippen LogP) is 1.88. The summed E-state index contributed by atoms with van der Waals surface area (Å²) >= 11 is 0. The lowest BCUT2D eigenvalue weighted by atomic mass is 10.1. The van der Waals surface area contributed by atoms with Gasteiger partial charge in [-0.2, -0.15) is 0 Å². The Bertz CT molecular complexity index is 171. The summed E-state index contributed by atoms with van der Waals surface area (Å²) in [5.41, 5.74) is 0. The fourth-order valence-corrected chi connectivity index (χ4v) is 1.40. The molecule has 0 saturated heterocycles. The molecule has 0 aromatic heterocycles. The summed E-state index contributed by atoms with van der Waals surface area (Å²) in [6, 6.07) is 0. The summed E-state index contributed by atoms with van der Waals surface area (Å²) in [6.45, 7) is 11.6. The lowest BCUT2D eigenvalue weighted by Crippen LogP contribution is -2.40. The third-order valence-electron chi connectivity index (χ3n) is 2.67. The topological polar surface area (TPSA) is 32.3 Å². The molecule has 90 valence electrons. The normalized spacial score (nSPS) is 12.5. The highest BCUT2D eigenvalue weighted by Crippen LogP contribution is 2.04. The Morgan fingerprint density at radius 1 is 1.33 bits per heavy atom. The van der Waals surface area contributed by atoms with E-state index >= 15 is 0 Å². The van der Waals surface area contributed by atoms with Crippen LogP contribution in [0.25, 0.3) is 0 Å². The maximum absolute atomic E-state index is 11.8. The SMILES string of the molecule is CCCNCC(=O)N(CC)CC(C)CC. The molecule has 15 heavy (non-hydrogen) atoms. The Hall–Kier alpha value is -0.570. The van der Waals surface area contributed by atoms with Crippen LogP contribution in [-0.2, 0) is 4.79 Å². The van der Waals surface area contributed by atoms with Gasteiger partial charge in [0, 0.05) is 13.1 Å². The monoisotopic (exact) mass is 214 g/mol. The molecule has 0 spiro atoms. The van der Waals surface area contributed by atoms with E-state index < -0.39 is 0 Å². The van der Waals surface area contributed by atoms with Crippen LogP contribution in [0.2, 0.25) is 0 Å². The number of likely N-dealkylation sites (N-methyl/N-ethyl adjacent to an activating group) is 1. The molecule has 0 aliphatic carbocycles. The minimum Gasteiger partial charge on any atom is -0.342 e. The minimum absolute atomic E-state index is 0.228. The molecule has 0 bridgehead atoms. The van der Waals surface area contributed by atoms with Crippen LogP contribution >= 0.6 is 0 Å². The Labute approximate surface area is 94.2 Å². The van der Waals surface area contributed by atoms with Crippen LogP contribution in [0.1, 0.15) is 40.5 Å². The predicted molar refractivity (Wildman–Crippen MR) is 64.9 cm³/mol. The smallest absolute Gasteiger partial charge is 0.236 e. The zero-order chi connectivity index (χ0) is 11.7. The first-order valence-corrected chi connectivity index (χ1v) is 6.14. The molecule has 0 saturated carbocycles. The third kappa shape index (κ3) is 6.50. The highest BCUT2D eigenvalue weighted by molar-refractivity contribution is 5.78. The summed E-state index contributed by atoms with van der Waals surface area (Å²) < 4.78 is 0. The van der Waals surface area contributed by atoms with Crippen LogP contribution in [0.5, 0.6) is 0 Å². The lowest BCUT2D eigenvalue weighted by molar-refractivity contribution is -0.130. The molecule has 3 heteroatoms. The summed E-state index contributed by atoms with van der Waals surface area (Å²) in [6.07, 6.45) is 2.21. The van der Waals surface area contributed by atoms with E-state index in [1.807, 2.05) is 11.8 Å². The van der Waals surface area contributed by atoms with Crippen LogP contribution < -0.4 is 5.32 Å². The fourth-order valence-electron chi connectivity index (χ4n) is 1.40. The van der Waals surface area contributed by atoms with Gasteiger partial charge in [0.05, 0.1) is 6.54 Å². The van der Waals surface area contributed by atoms with E-state index in [2.05, 4.69) is 26.1 Å². The van der Waals surface area contributed by atoms with E-state index in [4.69, 9.17) is 0 Å². The van der Waals surface area contributed by atoms with Crippen molar-refractivity contribution in [2.45, 2.75) is 40.5 Å². The standard InChI is InChI=1S/C12H26N2O/c1-5-8-13-9-12(15)14(7-3)10-11(4)6-2/h11,13H,5-10H2,1-4H3. The van der Waals surface area contributed by atoms with Gasteiger partial charge in [-0.25, -0.2) is 0 Å². The summed E-state index contributed by atoms with van der Waals surface area (Å²) in [4.78, 5) is 13.7. The van der Waals surface area contributed by atoms with Crippen molar-refractivity contribution in [1.82, 2.24) is 10.2 Å². The number of carbonyl (C=O) groups excluding carboxylic acids is 1. The van der Waals surface area contributed by atoms with Gasteiger partial charge in [0.1, 0.15) is 0 Å². The Balaban J connectivity index is 3.88. The average Bonchev–Trinajstić information content (AvgIpc) is 2.25. The Morgan fingerprint density at radius 3 is 2.47 bits per heavy atom. The molecule has 1 unspecified atom stereocenters. The van der Waals surface area contributed by atoms with Gasteiger partial charge in [0.15, 0.2) is 0 Å². The van der Waals surface area contributed by atoms with Crippen molar-refractivity contribution >= 4 is 5.91 Å². The molecule has 1 amide bonds. The number of hydrogen-bond donors (Lipinski definition) is 1. The summed E-state index contributed by atoms with van der Waals surface area (Å²) in [5, 5.41) is 3.15. The van der Waals surface area contributed by atoms with Crippen LogP contribution in [0, 0.1) is 5.92 Å². The second kappa shape index (κ2) is 8.72. The molecule has 1 atom stereocenters. The number of nitrogens with zero attached hydrogens (tertiary/aromatic N) is 1. The van der Waals surface area contributed by atoms with Gasteiger partial charge in [-0.15, -0.1) is 0 Å². The van der Waals surface area contributed by atoms with Gasteiger partial charge in [-0.05, 0) is 25.8 Å². The van der Waals surface area contributed by atoms with E-state index in [1.54, 1.807) is 0 Å². The molecule has 0 heterocycles. The van der Waals surface area contributed by atoms with Crippen molar-refractivity contribution in [2.24, 2.45) is 5.92 Å². The van der Waals surface area contributed by atoms with E-state index in [0.29, 0.717) is 12.5 Å². The molecule has 0 radical (unpaired) electrons.